The molecule has 1 aliphatic carbocycles. The van der Waals surface area contributed by atoms with E-state index in [0.29, 0.717) is 11.6 Å². The molecule has 2 aliphatic rings. The van der Waals surface area contributed by atoms with Crippen LogP contribution in [0.1, 0.15) is 17.5 Å². The lowest BCUT2D eigenvalue weighted by molar-refractivity contribution is -0.122. The van der Waals surface area contributed by atoms with Crippen molar-refractivity contribution in [2.45, 2.75) is 19.3 Å². The summed E-state index contributed by atoms with van der Waals surface area (Å²) >= 11 is 5.93. The number of carbonyl (C=O) groups excluding carboxylic acids is 2. The predicted octanol–water partition coefficient (Wildman–Crippen LogP) is 4.58. The summed E-state index contributed by atoms with van der Waals surface area (Å²) in [4.78, 5) is 27.0. The molecule has 5 rings (SSSR count). The summed E-state index contributed by atoms with van der Waals surface area (Å²) in [5.74, 6) is -0.516. The molecule has 0 bridgehead atoms. The van der Waals surface area contributed by atoms with Crippen molar-refractivity contribution in [2.24, 2.45) is 5.92 Å². The van der Waals surface area contributed by atoms with Crippen molar-refractivity contribution in [1.82, 2.24) is 0 Å². The zero-order valence-electron chi connectivity index (χ0n) is 15.2. The Morgan fingerprint density at radius 2 is 1.75 bits per heavy atom. The topological polar surface area (TPSA) is 49.4 Å². The van der Waals surface area contributed by atoms with Crippen molar-refractivity contribution in [3.05, 3.63) is 70.7 Å². The molecule has 1 aliphatic heterocycles. The predicted molar refractivity (Wildman–Crippen MR) is 112 cm³/mol. The lowest BCUT2D eigenvalue weighted by Crippen LogP contribution is -2.28. The Kier molecular flexibility index (Phi) is 4.09. The fraction of sp³-hybridized carbons (Fsp3) is 0.217. The molecule has 5 heteroatoms. The molecule has 0 aromatic heterocycles. The second kappa shape index (κ2) is 6.64. The Morgan fingerprint density at radius 3 is 2.54 bits per heavy atom. The van der Waals surface area contributed by atoms with E-state index in [1.807, 2.05) is 24.3 Å². The molecular weight excluding hydrogens is 372 g/mol. The third kappa shape index (κ3) is 2.85. The fourth-order valence-electron chi connectivity index (χ4n) is 4.34. The zero-order valence-corrected chi connectivity index (χ0v) is 16.0. The van der Waals surface area contributed by atoms with Crippen LogP contribution in [0.15, 0.2) is 54.6 Å². The van der Waals surface area contributed by atoms with Gasteiger partial charge >= 0.3 is 0 Å². The summed E-state index contributed by atoms with van der Waals surface area (Å²) < 4.78 is 0. The quantitative estimate of drug-likeness (QED) is 0.711. The van der Waals surface area contributed by atoms with Crippen molar-refractivity contribution in [3.8, 4) is 0 Å². The van der Waals surface area contributed by atoms with Crippen LogP contribution in [-0.2, 0) is 22.4 Å². The minimum atomic E-state index is -0.369. The van der Waals surface area contributed by atoms with Gasteiger partial charge in [-0.05, 0) is 59.7 Å². The van der Waals surface area contributed by atoms with Gasteiger partial charge in [0.2, 0.25) is 11.8 Å². The molecule has 0 spiro atoms. The number of hydrogen-bond donors (Lipinski definition) is 1. The van der Waals surface area contributed by atoms with Crippen LogP contribution in [-0.4, -0.2) is 18.4 Å². The number of carbonyl (C=O) groups is 2. The van der Waals surface area contributed by atoms with E-state index in [9.17, 15) is 9.59 Å². The molecule has 0 saturated carbocycles. The third-order valence-corrected chi connectivity index (χ3v) is 6.02. The number of halogens is 1. The maximum absolute atomic E-state index is 12.9. The Balaban J connectivity index is 1.38. The van der Waals surface area contributed by atoms with E-state index in [1.54, 1.807) is 17.0 Å². The van der Waals surface area contributed by atoms with E-state index in [-0.39, 0.29) is 24.2 Å². The zero-order chi connectivity index (χ0) is 19.3. The van der Waals surface area contributed by atoms with Gasteiger partial charge in [-0.25, -0.2) is 0 Å². The van der Waals surface area contributed by atoms with E-state index >= 15 is 0 Å². The number of hydrogen-bond acceptors (Lipinski definition) is 2. The molecule has 140 valence electrons. The van der Waals surface area contributed by atoms with Crippen molar-refractivity contribution < 1.29 is 9.59 Å². The Bertz CT molecular complexity index is 1100. The number of amides is 2. The molecule has 1 unspecified atom stereocenters. The first kappa shape index (κ1) is 17.3. The van der Waals surface area contributed by atoms with Crippen LogP contribution >= 0.6 is 11.6 Å². The van der Waals surface area contributed by atoms with Crippen molar-refractivity contribution in [1.29, 1.82) is 0 Å². The van der Waals surface area contributed by atoms with Crippen LogP contribution < -0.4 is 10.2 Å². The molecular formula is C23H19ClN2O2. The van der Waals surface area contributed by atoms with Crippen molar-refractivity contribution >= 4 is 45.6 Å². The molecule has 1 heterocycles. The maximum Gasteiger partial charge on any atom is 0.229 e. The van der Waals surface area contributed by atoms with Crippen LogP contribution in [0.5, 0.6) is 0 Å². The van der Waals surface area contributed by atoms with E-state index in [2.05, 4.69) is 23.5 Å². The summed E-state index contributed by atoms with van der Waals surface area (Å²) in [5.41, 5.74) is 4.28. The van der Waals surface area contributed by atoms with Crippen LogP contribution in [0.3, 0.4) is 0 Å². The Labute approximate surface area is 168 Å². The summed E-state index contributed by atoms with van der Waals surface area (Å²) in [7, 11) is 0. The minimum absolute atomic E-state index is 0.0390. The first-order chi connectivity index (χ1) is 13.6. The molecule has 1 saturated heterocycles. The van der Waals surface area contributed by atoms with Crippen LogP contribution in [0.25, 0.3) is 10.8 Å². The summed E-state index contributed by atoms with van der Waals surface area (Å²) in [5, 5.41) is 6.05. The summed E-state index contributed by atoms with van der Waals surface area (Å²) in [6.07, 6.45) is 2.32. The third-order valence-electron chi connectivity index (χ3n) is 5.77. The SMILES string of the molecule is O=C(Nc1ccc2c3c(cccc13)CC2)C1CC(=O)N(c2ccc(Cl)cc2)C1. The van der Waals surface area contributed by atoms with E-state index in [4.69, 9.17) is 11.6 Å². The monoisotopic (exact) mass is 390 g/mol. The average Bonchev–Trinajstić information content (AvgIpc) is 3.30. The number of nitrogens with one attached hydrogen (secondary N) is 1. The molecule has 2 amide bonds. The lowest BCUT2D eigenvalue weighted by Gasteiger charge is -2.17. The molecule has 0 radical (unpaired) electrons. The highest BCUT2D eigenvalue weighted by Crippen LogP contribution is 2.35. The summed E-state index contributed by atoms with van der Waals surface area (Å²) in [6, 6.07) is 17.5. The number of anilines is 2. The van der Waals surface area contributed by atoms with Gasteiger partial charge in [-0.15, -0.1) is 0 Å². The van der Waals surface area contributed by atoms with Crippen LogP contribution in [0.2, 0.25) is 5.02 Å². The van der Waals surface area contributed by atoms with Gasteiger partial charge in [0.1, 0.15) is 0 Å². The number of nitrogens with zero attached hydrogens (tertiary/aromatic N) is 1. The molecule has 4 nitrogen and oxygen atoms in total. The van der Waals surface area contributed by atoms with Gasteiger partial charge in [0.25, 0.3) is 0 Å². The minimum Gasteiger partial charge on any atom is -0.325 e. The smallest absolute Gasteiger partial charge is 0.229 e. The molecule has 3 aromatic rings. The normalized spacial score (nSPS) is 18.1. The van der Waals surface area contributed by atoms with Crippen molar-refractivity contribution in [3.63, 3.8) is 0 Å². The Morgan fingerprint density at radius 1 is 1.00 bits per heavy atom. The summed E-state index contributed by atoms with van der Waals surface area (Å²) in [6.45, 7) is 0.383. The van der Waals surface area contributed by atoms with Gasteiger partial charge in [-0.3, -0.25) is 9.59 Å². The highest BCUT2D eigenvalue weighted by Gasteiger charge is 2.35. The number of benzene rings is 3. The van der Waals surface area contributed by atoms with Gasteiger partial charge in [0, 0.05) is 34.7 Å². The van der Waals surface area contributed by atoms with Crippen LogP contribution in [0.4, 0.5) is 11.4 Å². The van der Waals surface area contributed by atoms with Gasteiger partial charge in [-0.2, -0.15) is 0 Å². The largest absolute Gasteiger partial charge is 0.325 e. The van der Waals surface area contributed by atoms with E-state index in [1.165, 1.54) is 16.5 Å². The second-order valence-corrected chi connectivity index (χ2v) is 7.92. The molecule has 28 heavy (non-hydrogen) atoms. The molecule has 1 atom stereocenters. The van der Waals surface area contributed by atoms with Gasteiger partial charge < -0.3 is 10.2 Å². The highest BCUT2D eigenvalue weighted by molar-refractivity contribution is 6.30. The van der Waals surface area contributed by atoms with E-state index in [0.717, 1.165) is 29.6 Å². The van der Waals surface area contributed by atoms with Gasteiger partial charge in [0.05, 0.1) is 5.92 Å². The second-order valence-electron chi connectivity index (χ2n) is 7.48. The van der Waals surface area contributed by atoms with E-state index < -0.39 is 0 Å². The molecule has 3 aromatic carbocycles. The highest BCUT2D eigenvalue weighted by atomic mass is 35.5. The van der Waals surface area contributed by atoms with Gasteiger partial charge in [-0.1, -0.05) is 35.9 Å². The standard InChI is InChI=1S/C23H19ClN2O2/c24-17-7-9-18(10-8-17)26-13-16(12-21(26)27)23(28)25-20-11-6-15-5-4-14-2-1-3-19(20)22(14)15/h1-3,6-11,16H,4-5,12-13H2,(H,25,28). The molecule has 1 fully saturated rings. The lowest BCUT2D eigenvalue weighted by atomic mass is 10.0. The first-order valence-corrected chi connectivity index (χ1v) is 9.88. The molecule has 1 N–H and O–H groups in total. The fourth-order valence-corrected chi connectivity index (χ4v) is 4.47. The van der Waals surface area contributed by atoms with Gasteiger partial charge in [0.15, 0.2) is 0 Å². The van der Waals surface area contributed by atoms with Crippen LogP contribution in [0, 0.1) is 5.92 Å². The Hall–Kier alpha value is -2.85. The maximum atomic E-state index is 12.9. The number of rotatable bonds is 3. The average molecular weight is 391 g/mol. The van der Waals surface area contributed by atoms with Crippen molar-refractivity contribution in [2.75, 3.05) is 16.8 Å². The number of aryl methyl sites for hydroxylation is 2. The first-order valence-electron chi connectivity index (χ1n) is 9.50.